The van der Waals surface area contributed by atoms with Gasteiger partial charge in [-0.15, -0.1) is 10.2 Å². The Hall–Kier alpha value is -3.23. The Morgan fingerprint density at radius 1 is 1.26 bits per heavy atom. The van der Waals surface area contributed by atoms with Crippen molar-refractivity contribution in [1.82, 2.24) is 34.4 Å². The first-order valence-corrected chi connectivity index (χ1v) is 8.96. The Morgan fingerprint density at radius 3 is 2.78 bits per heavy atom. The summed E-state index contributed by atoms with van der Waals surface area (Å²) in [6, 6.07) is 5.11. The molecule has 4 rings (SSSR count). The fourth-order valence-electron chi connectivity index (χ4n) is 3.51. The molecular weight excluding hydrogens is 346 g/mol. The fraction of sp³-hybridized carbons (Fsp3) is 0.389. The number of aromatic amines is 1. The van der Waals surface area contributed by atoms with Gasteiger partial charge in [0.15, 0.2) is 5.82 Å². The standard InChI is InChI=1S/C18H21N7O2/c1-23-15(12-25-9-3-8-20-25)21-22-16(23)13-5-10-24(11-6-13)18(27)14-4-2-7-19-17(14)26/h2-4,7-9,13H,5-6,10-12H2,1H3,(H,19,26). The average Bonchev–Trinajstić information content (AvgIpc) is 3.33. The molecule has 1 aliphatic rings. The van der Waals surface area contributed by atoms with Crippen LogP contribution >= 0.6 is 0 Å². The molecule has 1 fully saturated rings. The minimum atomic E-state index is -0.346. The molecule has 0 aliphatic carbocycles. The third-order valence-electron chi connectivity index (χ3n) is 5.06. The van der Waals surface area contributed by atoms with Gasteiger partial charge < -0.3 is 14.5 Å². The number of piperidine rings is 1. The summed E-state index contributed by atoms with van der Waals surface area (Å²) in [7, 11) is 1.97. The average molecular weight is 367 g/mol. The SMILES string of the molecule is Cn1c(Cn2cccn2)nnc1C1CCN(C(=O)c2ccc[nH]c2=O)CC1. The van der Waals surface area contributed by atoms with Gasteiger partial charge in [-0.3, -0.25) is 14.3 Å². The molecule has 3 aromatic heterocycles. The van der Waals surface area contributed by atoms with Gasteiger partial charge in [0, 0.05) is 44.6 Å². The van der Waals surface area contributed by atoms with E-state index in [9.17, 15) is 9.59 Å². The van der Waals surface area contributed by atoms with Crippen LogP contribution in [-0.4, -0.2) is 53.4 Å². The third-order valence-corrected chi connectivity index (χ3v) is 5.06. The van der Waals surface area contributed by atoms with Gasteiger partial charge in [0.05, 0.1) is 0 Å². The molecule has 3 aromatic rings. The van der Waals surface area contributed by atoms with E-state index in [1.807, 2.05) is 28.6 Å². The summed E-state index contributed by atoms with van der Waals surface area (Å²) in [6.07, 6.45) is 6.75. The number of H-pyrrole nitrogens is 1. The van der Waals surface area contributed by atoms with E-state index in [1.54, 1.807) is 23.2 Å². The van der Waals surface area contributed by atoms with Gasteiger partial charge in [0.2, 0.25) is 0 Å². The van der Waals surface area contributed by atoms with Crippen molar-refractivity contribution in [2.24, 2.45) is 7.05 Å². The van der Waals surface area contributed by atoms with Crippen molar-refractivity contribution in [3.05, 3.63) is 64.4 Å². The lowest BCUT2D eigenvalue weighted by molar-refractivity contribution is 0.0708. The molecule has 0 atom stereocenters. The van der Waals surface area contributed by atoms with Crippen LogP contribution in [0.4, 0.5) is 0 Å². The molecule has 140 valence electrons. The number of carbonyl (C=O) groups excluding carboxylic acids is 1. The molecule has 9 heteroatoms. The van der Waals surface area contributed by atoms with E-state index in [1.165, 1.54) is 6.20 Å². The summed E-state index contributed by atoms with van der Waals surface area (Å²) in [4.78, 5) is 28.7. The van der Waals surface area contributed by atoms with Crippen molar-refractivity contribution in [3.8, 4) is 0 Å². The molecule has 9 nitrogen and oxygen atoms in total. The van der Waals surface area contributed by atoms with Gasteiger partial charge in [-0.25, -0.2) is 0 Å². The van der Waals surface area contributed by atoms with Gasteiger partial charge in [-0.05, 0) is 31.0 Å². The number of likely N-dealkylation sites (tertiary alicyclic amines) is 1. The normalized spacial score (nSPS) is 15.2. The summed E-state index contributed by atoms with van der Waals surface area (Å²) >= 11 is 0. The first-order chi connectivity index (χ1) is 13.1. The lowest BCUT2D eigenvalue weighted by Gasteiger charge is -2.31. The van der Waals surface area contributed by atoms with E-state index < -0.39 is 0 Å². The zero-order chi connectivity index (χ0) is 18.8. The first kappa shape index (κ1) is 17.2. The Balaban J connectivity index is 1.42. The van der Waals surface area contributed by atoms with Crippen LogP contribution in [-0.2, 0) is 13.6 Å². The molecule has 1 aliphatic heterocycles. The van der Waals surface area contributed by atoms with Crippen molar-refractivity contribution in [1.29, 1.82) is 0 Å². The predicted octanol–water partition coefficient (Wildman–Crippen LogP) is 0.768. The van der Waals surface area contributed by atoms with Crippen LogP contribution in [0.2, 0.25) is 0 Å². The second kappa shape index (κ2) is 7.18. The molecule has 0 unspecified atom stereocenters. The maximum absolute atomic E-state index is 12.6. The second-order valence-corrected chi connectivity index (χ2v) is 6.72. The highest BCUT2D eigenvalue weighted by molar-refractivity contribution is 5.93. The minimum Gasteiger partial charge on any atom is -0.338 e. The summed E-state index contributed by atoms with van der Waals surface area (Å²) in [6.45, 7) is 1.77. The number of amides is 1. The van der Waals surface area contributed by atoms with Crippen LogP contribution < -0.4 is 5.56 Å². The van der Waals surface area contributed by atoms with Gasteiger partial charge in [-0.1, -0.05) is 0 Å². The van der Waals surface area contributed by atoms with E-state index >= 15 is 0 Å². The Kier molecular flexibility index (Phi) is 4.57. The van der Waals surface area contributed by atoms with Crippen LogP contribution in [0.15, 0.2) is 41.6 Å². The molecule has 27 heavy (non-hydrogen) atoms. The molecule has 4 heterocycles. The molecule has 0 saturated carbocycles. The topological polar surface area (TPSA) is 102 Å². The van der Waals surface area contributed by atoms with Crippen LogP contribution in [0.25, 0.3) is 0 Å². The predicted molar refractivity (Wildman–Crippen MR) is 97.3 cm³/mol. The van der Waals surface area contributed by atoms with Crippen molar-refractivity contribution in [3.63, 3.8) is 0 Å². The van der Waals surface area contributed by atoms with Crippen molar-refractivity contribution < 1.29 is 4.79 Å². The molecule has 0 bridgehead atoms. The minimum absolute atomic E-state index is 0.191. The molecule has 1 amide bonds. The lowest BCUT2D eigenvalue weighted by atomic mass is 9.95. The second-order valence-electron chi connectivity index (χ2n) is 6.72. The van der Waals surface area contributed by atoms with Crippen molar-refractivity contribution >= 4 is 5.91 Å². The van der Waals surface area contributed by atoms with Crippen LogP contribution in [0.5, 0.6) is 0 Å². The summed E-state index contributed by atoms with van der Waals surface area (Å²) in [5.74, 6) is 1.81. The monoisotopic (exact) mass is 367 g/mol. The van der Waals surface area contributed by atoms with E-state index in [2.05, 4.69) is 20.3 Å². The number of nitrogens with zero attached hydrogens (tertiary/aromatic N) is 6. The maximum atomic E-state index is 12.6. The molecule has 0 spiro atoms. The summed E-state index contributed by atoms with van der Waals surface area (Å²) < 4.78 is 3.83. The van der Waals surface area contributed by atoms with Crippen LogP contribution in [0.1, 0.15) is 40.8 Å². The molecule has 1 saturated heterocycles. The molecule has 0 radical (unpaired) electrons. The number of aromatic nitrogens is 6. The fourth-order valence-corrected chi connectivity index (χ4v) is 3.51. The highest BCUT2D eigenvalue weighted by atomic mass is 16.2. The van der Waals surface area contributed by atoms with Crippen LogP contribution in [0, 0.1) is 0 Å². The first-order valence-electron chi connectivity index (χ1n) is 8.96. The van der Waals surface area contributed by atoms with E-state index in [4.69, 9.17) is 0 Å². The Labute approximate surface area is 155 Å². The van der Waals surface area contributed by atoms with Gasteiger partial charge >= 0.3 is 0 Å². The molecule has 1 N–H and O–H groups in total. The number of hydrogen-bond donors (Lipinski definition) is 1. The van der Waals surface area contributed by atoms with E-state index in [0.717, 1.165) is 24.5 Å². The third kappa shape index (κ3) is 3.40. The number of carbonyl (C=O) groups is 1. The smallest absolute Gasteiger partial charge is 0.260 e. The number of nitrogens with one attached hydrogen (secondary N) is 1. The lowest BCUT2D eigenvalue weighted by Crippen LogP contribution is -2.40. The quantitative estimate of drug-likeness (QED) is 0.734. The largest absolute Gasteiger partial charge is 0.338 e. The summed E-state index contributed by atoms with van der Waals surface area (Å²) in [5, 5.41) is 12.9. The van der Waals surface area contributed by atoms with Crippen molar-refractivity contribution in [2.45, 2.75) is 25.3 Å². The van der Waals surface area contributed by atoms with Crippen LogP contribution in [0.3, 0.4) is 0 Å². The number of rotatable bonds is 4. The number of hydrogen-bond acceptors (Lipinski definition) is 5. The zero-order valence-corrected chi connectivity index (χ0v) is 15.1. The zero-order valence-electron chi connectivity index (χ0n) is 15.1. The van der Waals surface area contributed by atoms with Gasteiger partial charge in [-0.2, -0.15) is 5.10 Å². The highest BCUT2D eigenvalue weighted by Crippen LogP contribution is 2.27. The molecular formula is C18H21N7O2. The van der Waals surface area contributed by atoms with Gasteiger partial charge in [0.25, 0.3) is 11.5 Å². The van der Waals surface area contributed by atoms with E-state index in [0.29, 0.717) is 19.6 Å². The number of pyridine rings is 1. The molecule has 0 aromatic carbocycles. The highest BCUT2D eigenvalue weighted by Gasteiger charge is 2.28. The van der Waals surface area contributed by atoms with Crippen molar-refractivity contribution in [2.75, 3.05) is 13.1 Å². The Morgan fingerprint density at radius 2 is 2.07 bits per heavy atom. The van der Waals surface area contributed by atoms with Gasteiger partial charge in [0.1, 0.15) is 17.9 Å². The Bertz CT molecular complexity index is 981. The maximum Gasteiger partial charge on any atom is 0.260 e. The van der Waals surface area contributed by atoms with E-state index in [-0.39, 0.29) is 22.9 Å². The summed E-state index contributed by atoms with van der Waals surface area (Å²) in [5.41, 5.74) is -0.155.